The highest BCUT2D eigenvalue weighted by Crippen LogP contribution is 2.09. The van der Waals surface area contributed by atoms with E-state index in [1.165, 1.54) is 0 Å². The van der Waals surface area contributed by atoms with Gasteiger partial charge in [0.05, 0.1) is 0 Å². The van der Waals surface area contributed by atoms with Crippen molar-refractivity contribution in [3.8, 4) is 0 Å². The maximum absolute atomic E-state index is 12.4. The molecule has 0 radical (unpaired) electrons. The Balaban J connectivity index is 2.65. The van der Waals surface area contributed by atoms with Gasteiger partial charge in [0.15, 0.2) is 0 Å². The first-order chi connectivity index (χ1) is 12.7. The van der Waals surface area contributed by atoms with E-state index in [4.69, 9.17) is 9.47 Å². The van der Waals surface area contributed by atoms with Crippen molar-refractivity contribution in [2.24, 2.45) is 0 Å². The first kappa shape index (κ1) is 22.5. The molecule has 0 unspecified atom stereocenters. The number of hydrogen-bond acceptors (Lipinski definition) is 5. The lowest BCUT2D eigenvalue weighted by atomic mass is 10.1. The molecule has 1 rings (SSSR count). The highest BCUT2D eigenvalue weighted by atomic mass is 16.6. The molecule has 1 atom stereocenters. The van der Waals surface area contributed by atoms with Crippen LogP contribution in [0.15, 0.2) is 30.3 Å². The minimum absolute atomic E-state index is 0.0915. The van der Waals surface area contributed by atoms with E-state index in [1.807, 2.05) is 37.3 Å². The van der Waals surface area contributed by atoms with E-state index in [9.17, 15) is 14.4 Å². The van der Waals surface area contributed by atoms with E-state index >= 15 is 0 Å². The average molecular weight is 378 g/mol. The summed E-state index contributed by atoms with van der Waals surface area (Å²) in [6.45, 7) is 7.80. The molecule has 2 amide bonds. The second-order valence-electron chi connectivity index (χ2n) is 7.18. The van der Waals surface area contributed by atoms with Crippen LogP contribution in [0.25, 0.3) is 0 Å². The zero-order chi connectivity index (χ0) is 20.3. The van der Waals surface area contributed by atoms with Gasteiger partial charge in [0.2, 0.25) is 5.91 Å². The number of hydrogen-bond donors (Lipinski definition) is 2. The molecule has 0 aliphatic heterocycles. The molecule has 0 heterocycles. The Morgan fingerprint density at radius 2 is 1.78 bits per heavy atom. The fraction of sp³-hybridized carbons (Fsp3) is 0.550. The van der Waals surface area contributed by atoms with Crippen LogP contribution in [0, 0.1) is 0 Å². The number of amides is 2. The second-order valence-corrected chi connectivity index (χ2v) is 7.18. The molecule has 0 bridgehead atoms. The van der Waals surface area contributed by atoms with Crippen LogP contribution in [0.5, 0.6) is 0 Å². The summed E-state index contributed by atoms with van der Waals surface area (Å²) in [4.78, 5) is 36.3. The Morgan fingerprint density at radius 1 is 1.11 bits per heavy atom. The van der Waals surface area contributed by atoms with Gasteiger partial charge in [-0.1, -0.05) is 37.3 Å². The molecule has 0 aliphatic carbocycles. The maximum atomic E-state index is 12.4. The fourth-order valence-electron chi connectivity index (χ4n) is 2.16. The summed E-state index contributed by atoms with van der Waals surface area (Å²) in [5.74, 6) is -0.781. The SMILES string of the molecule is CCCNC(=O)CC[C@H](NC(=O)OC(C)(C)C)C(=O)OCc1ccccc1. The van der Waals surface area contributed by atoms with Gasteiger partial charge in [-0.05, 0) is 39.2 Å². The quantitative estimate of drug-likeness (QED) is 0.645. The minimum atomic E-state index is -0.962. The van der Waals surface area contributed by atoms with Crippen LogP contribution < -0.4 is 10.6 Å². The zero-order valence-electron chi connectivity index (χ0n) is 16.5. The Hall–Kier alpha value is -2.57. The summed E-state index contributed by atoms with van der Waals surface area (Å²) in [5.41, 5.74) is 0.142. The number of carbonyl (C=O) groups is 3. The van der Waals surface area contributed by atoms with E-state index in [0.717, 1.165) is 12.0 Å². The van der Waals surface area contributed by atoms with Crippen LogP contribution in [0.3, 0.4) is 0 Å². The van der Waals surface area contributed by atoms with Crippen LogP contribution in [0.2, 0.25) is 0 Å². The lowest BCUT2D eigenvalue weighted by Crippen LogP contribution is -2.44. The van der Waals surface area contributed by atoms with Crippen LogP contribution >= 0.6 is 0 Å². The lowest BCUT2D eigenvalue weighted by Gasteiger charge is -2.23. The Morgan fingerprint density at radius 3 is 2.37 bits per heavy atom. The molecule has 0 spiro atoms. The number of esters is 1. The Kier molecular flexibility index (Phi) is 9.33. The smallest absolute Gasteiger partial charge is 0.408 e. The van der Waals surface area contributed by atoms with Crippen LogP contribution in [-0.4, -0.2) is 36.2 Å². The molecule has 27 heavy (non-hydrogen) atoms. The fourth-order valence-corrected chi connectivity index (χ4v) is 2.16. The highest BCUT2D eigenvalue weighted by molar-refractivity contribution is 5.83. The predicted molar refractivity (Wildman–Crippen MR) is 102 cm³/mol. The summed E-state index contributed by atoms with van der Waals surface area (Å²) >= 11 is 0. The van der Waals surface area contributed by atoms with Crippen LogP contribution in [0.4, 0.5) is 4.79 Å². The molecule has 7 nitrogen and oxygen atoms in total. The molecular weight excluding hydrogens is 348 g/mol. The van der Waals surface area contributed by atoms with Gasteiger partial charge < -0.3 is 20.1 Å². The molecule has 0 saturated heterocycles. The monoisotopic (exact) mass is 378 g/mol. The molecule has 7 heteroatoms. The highest BCUT2D eigenvalue weighted by Gasteiger charge is 2.26. The molecule has 1 aromatic carbocycles. The van der Waals surface area contributed by atoms with Crippen LogP contribution in [-0.2, 0) is 25.7 Å². The maximum Gasteiger partial charge on any atom is 0.408 e. The van der Waals surface area contributed by atoms with Crippen LogP contribution in [0.1, 0.15) is 52.5 Å². The molecule has 0 saturated carbocycles. The summed E-state index contributed by atoms with van der Waals surface area (Å²) < 4.78 is 10.5. The third kappa shape index (κ3) is 10.2. The number of benzene rings is 1. The van der Waals surface area contributed by atoms with Gasteiger partial charge in [0.25, 0.3) is 0 Å². The van der Waals surface area contributed by atoms with Gasteiger partial charge in [0, 0.05) is 13.0 Å². The van der Waals surface area contributed by atoms with Crippen molar-refractivity contribution in [1.29, 1.82) is 0 Å². The Labute approximate surface area is 160 Å². The first-order valence-electron chi connectivity index (χ1n) is 9.18. The lowest BCUT2D eigenvalue weighted by molar-refractivity contribution is -0.147. The van der Waals surface area contributed by atoms with Gasteiger partial charge in [0.1, 0.15) is 18.2 Å². The van der Waals surface area contributed by atoms with E-state index in [1.54, 1.807) is 20.8 Å². The molecular formula is C20H30N2O5. The first-order valence-corrected chi connectivity index (χ1v) is 9.18. The van der Waals surface area contributed by atoms with E-state index in [2.05, 4.69) is 10.6 Å². The van der Waals surface area contributed by atoms with Crippen molar-refractivity contribution < 1.29 is 23.9 Å². The molecule has 0 aromatic heterocycles. The third-order valence-corrected chi connectivity index (χ3v) is 3.43. The summed E-state index contributed by atoms with van der Waals surface area (Å²) in [6, 6.07) is 8.27. The largest absolute Gasteiger partial charge is 0.459 e. The van der Waals surface area contributed by atoms with Crippen molar-refractivity contribution in [1.82, 2.24) is 10.6 Å². The van der Waals surface area contributed by atoms with Gasteiger partial charge in [-0.25, -0.2) is 9.59 Å². The number of ether oxygens (including phenoxy) is 2. The van der Waals surface area contributed by atoms with Crippen molar-refractivity contribution >= 4 is 18.0 Å². The molecule has 0 fully saturated rings. The topological polar surface area (TPSA) is 93.7 Å². The van der Waals surface area contributed by atoms with Crippen molar-refractivity contribution in [3.63, 3.8) is 0 Å². The molecule has 1 aromatic rings. The average Bonchev–Trinajstić information content (AvgIpc) is 2.60. The Bertz CT molecular complexity index is 611. The normalized spacial score (nSPS) is 12.0. The number of nitrogens with one attached hydrogen (secondary N) is 2. The van der Waals surface area contributed by atoms with Gasteiger partial charge >= 0.3 is 12.1 Å². The molecule has 0 aliphatic rings. The summed E-state index contributed by atoms with van der Waals surface area (Å²) in [7, 11) is 0. The van der Waals surface area contributed by atoms with Gasteiger partial charge in [-0.3, -0.25) is 4.79 Å². The predicted octanol–water partition coefficient (Wildman–Crippen LogP) is 2.93. The minimum Gasteiger partial charge on any atom is -0.459 e. The zero-order valence-corrected chi connectivity index (χ0v) is 16.5. The van der Waals surface area contributed by atoms with E-state index in [-0.39, 0.29) is 25.4 Å². The van der Waals surface area contributed by atoms with Crippen molar-refractivity contribution in [2.75, 3.05) is 6.54 Å². The van der Waals surface area contributed by atoms with Crippen molar-refractivity contribution in [2.45, 2.75) is 65.2 Å². The van der Waals surface area contributed by atoms with E-state index in [0.29, 0.717) is 6.54 Å². The second kappa shape index (κ2) is 11.2. The standard InChI is InChI=1S/C20H30N2O5/c1-5-13-21-17(23)12-11-16(22-19(25)27-20(2,3)4)18(24)26-14-15-9-7-6-8-10-15/h6-10,16H,5,11-14H2,1-4H3,(H,21,23)(H,22,25)/t16-/m0/s1. The van der Waals surface area contributed by atoms with Crippen molar-refractivity contribution in [3.05, 3.63) is 35.9 Å². The summed E-state index contributed by atoms with van der Waals surface area (Å²) in [6.07, 6.45) is 0.325. The summed E-state index contributed by atoms with van der Waals surface area (Å²) in [5, 5.41) is 5.25. The number of carbonyl (C=O) groups excluding carboxylic acids is 3. The third-order valence-electron chi connectivity index (χ3n) is 3.43. The van der Waals surface area contributed by atoms with Gasteiger partial charge in [-0.2, -0.15) is 0 Å². The van der Waals surface area contributed by atoms with E-state index < -0.39 is 23.7 Å². The molecule has 2 N–H and O–H groups in total. The number of rotatable bonds is 9. The number of alkyl carbamates (subject to hydrolysis) is 1. The molecule has 150 valence electrons. The van der Waals surface area contributed by atoms with Gasteiger partial charge in [-0.15, -0.1) is 0 Å².